The third kappa shape index (κ3) is 2.75. The quantitative estimate of drug-likeness (QED) is 0.836. The monoisotopic (exact) mass is 233 g/mol. The molecule has 1 fully saturated rings. The SMILES string of the molecule is CNc1ccnc(C(=O)NCC2(C)CCC2)c1. The van der Waals surface area contributed by atoms with E-state index in [1.165, 1.54) is 19.3 Å². The molecule has 1 saturated carbocycles. The predicted molar refractivity (Wildman–Crippen MR) is 68.1 cm³/mol. The van der Waals surface area contributed by atoms with Crippen molar-refractivity contribution in [1.29, 1.82) is 0 Å². The first-order chi connectivity index (χ1) is 8.13. The number of rotatable bonds is 4. The molecule has 1 aliphatic carbocycles. The maximum absolute atomic E-state index is 11.9. The van der Waals surface area contributed by atoms with Gasteiger partial charge < -0.3 is 10.6 Å². The summed E-state index contributed by atoms with van der Waals surface area (Å²) in [5.74, 6) is -0.0878. The molecule has 0 spiro atoms. The molecule has 0 saturated heterocycles. The number of nitrogens with one attached hydrogen (secondary N) is 2. The molecule has 4 nitrogen and oxygen atoms in total. The highest BCUT2D eigenvalue weighted by Crippen LogP contribution is 2.39. The summed E-state index contributed by atoms with van der Waals surface area (Å²) in [6.07, 6.45) is 5.33. The number of nitrogens with zero attached hydrogens (tertiary/aromatic N) is 1. The number of hydrogen-bond acceptors (Lipinski definition) is 3. The number of anilines is 1. The van der Waals surface area contributed by atoms with Crippen LogP contribution in [-0.2, 0) is 0 Å². The molecule has 0 radical (unpaired) electrons. The van der Waals surface area contributed by atoms with Crippen LogP contribution in [0, 0.1) is 5.41 Å². The largest absolute Gasteiger partial charge is 0.388 e. The lowest BCUT2D eigenvalue weighted by molar-refractivity contribution is 0.0886. The highest BCUT2D eigenvalue weighted by molar-refractivity contribution is 5.93. The van der Waals surface area contributed by atoms with Crippen molar-refractivity contribution in [2.75, 3.05) is 18.9 Å². The number of carbonyl (C=O) groups is 1. The molecule has 1 aromatic heterocycles. The van der Waals surface area contributed by atoms with Gasteiger partial charge >= 0.3 is 0 Å². The molecule has 2 rings (SSSR count). The second kappa shape index (κ2) is 4.73. The van der Waals surface area contributed by atoms with Crippen molar-refractivity contribution in [2.24, 2.45) is 5.41 Å². The normalized spacial score (nSPS) is 17.1. The van der Waals surface area contributed by atoms with E-state index in [-0.39, 0.29) is 5.91 Å². The third-order valence-corrected chi connectivity index (χ3v) is 3.52. The van der Waals surface area contributed by atoms with E-state index in [1.807, 2.05) is 13.1 Å². The van der Waals surface area contributed by atoms with Crippen molar-refractivity contribution >= 4 is 11.6 Å². The van der Waals surface area contributed by atoms with E-state index in [9.17, 15) is 4.79 Å². The number of carbonyl (C=O) groups excluding carboxylic acids is 1. The Morgan fingerprint density at radius 3 is 2.88 bits per heavy atom. The van der Waals surface area contributed by atoms with Gasteiger partial charge in [0, 0.05) is 25.5 Å². The molecular formula is C13H19N3O. The zero-order chi connectivity index (χ0) is 12.3. The molecule has 0 atom stereocenters. The van der Waals surface area contributed by atoms with Crippen molar-refractivity contribution < 1.29 is 4.79 Å². The first-order valence-electron chi connectivity index (χ1n) is 6.05. The summed E-state index contributed by atoms with van der Waals surface area (Å²) in [5.41, 5.74) is 1.68. The van der Waals surface area contributed by atoms with Gasteiger partial charge in [0.1, 0.15) is 5.69 Å². The van der Waals surface area contributed by atoms with Crippen molar-refractivity contribution in [3.05, 3.63) is 24.0 Å². The van der Waals surface area contributed by atoms with Gasteiger partial charge in [-0.1, -0.05) is 13.3 Å². The van der Waals surface area contributed by atoms with E-state index >= 15 is 0 Å². The summed E-state index contributed by atoms with van der Waals surface area (Å²) in [5, 5.41) is 5.96. The summed E-state index contributed by atoms with van der Waals surface area (Å²) in [7, 11) is 1.83. The van der Waals surface area contributed by atoms with Crippen LogP contribution in [-0.4, -0.2) is 24.5 Å². The first kappa shape index (κ1) is 11.9. The van der Waals surface area contributed by atoms with Gasteiger partial charge in [-0.15, -0.1) is 0 Å². The lowest BCUT2D eigenvalue weighted by Crippen LogP contribution is -2.40. The van der Waals surface area contributed by atoms with Gasteiger partial charge in [0.2, 0.25) is 0 Å². The smallest absolute Gasteiger partial charge is 0.269 e. The average molecular weight is 233 g/mol. The second-order valence-electron chi connectivity index (χ2n) is 5.03. The van der Waals surface area contributed by atoms with Crippen molar-refractivity contribution in [3.63, 3.8) is 0 Å². The van der Waals surface area contributed by atoms with Crippen molar-refractivity contribution in [3.8, 4) is 0 Å². The summed E-state index contributed by atoms with van der Waals surface area (Å²) in [6, 6.07) is 3.60. The Hall–Kier alpha value is -1.58. The molecule has 1 aromatic rings. The predicted octanol–water partition coefficient (Wildman–Crippen LogP) is 2.04. The topological polar surface area (TPSA) is 54.0 Å². The molecule has 0 unspecified atom stereocenters. The number of pyridine rings is 1. The number of hydrogen-bond donors (Lipinski definition) is 2. The summed E-state index contributed by atoms with van der Waals surface area (Å²) in [4.78, 5) is 16.0. The molecule has 92 valence electrons. The van der Waals surface area contributed by atoms with Gasteiger partial charge in [-0.05, 0) is 30.4 Å². The minimum Gasteiger partial charge on any atom is -0.388 e. The van der Waals surface area contributed by atoms with Crippen LogP contribution < -0.4 is 10.6 Å². The first-order valence-corrected chi connectivity index (χ1v) is 6.05. The molecule has 0 bridgehead atoms. The van der Waals surface area contributed by atoms with E-state index in [0.717, 1.165) is 12.2 Å². The molecule has 1 amide bonds. The van der Waals surface area contributed by atoms with Crippen LogP contribution in [0.3, 0.4) is 0 Å². The fourth-order valence-corrected chi connectivity index (χ4v) is 2.05. The van der Waals surface area contributed by atoms with Gasteiger partial charge in [-0.2, -0.15) is 0 Å². The van der Waals surface area contributed by atoms with Gasteiger partial charge in [0.25, 0.3) is 5.91 Å². The highest BCUT2D eigenvalue weighted by Gasteiger charge is 2.31. The molecule has 0 aliphatic heterocycles. The number of aromatic nitrogens is 1. The minimum absolute atomic E-state index is 0.0878. The van der Waals surface area contributed by atoms with Gasteiger partial charge in [-0.3, -0.25) is 9.78 Å². The molecule has 2 N–H and O–H groups in total. The molecular weight excluding hydrogens is 214 g/mol. The van der Waals surface area contributed by atoms with Crippen LogP contribution in [0.1, 0.15) is 36.7 Å². The van der Waals surface area contributed by atoms with Gasteiger partial charge in [0.15, 0.2) is 0 Å². The Kier molecular flexibility index (Phi) is 3.31. The standard InChI is InChI=1S/C13H19N3O/c1-13(5-3-6-13)9-16-12(17)11-8-10(14-2)4-7-15-11/h4,7-8H,3,5-6,9H2,1-2H3,(H,14,15)(H,16,17). The Morgan fingerprint density at radius 2 is 2.29 bits per heavy atom. The average Bonchev–Trinajstić information content (AvgIpc) is 2.33. The van der Waals surface area contributed by atoms with E-state index < -0.39 is 0 Å². The van der Waals surface area contributed by atoms with E-state index in [1.54, 1.807) is 12.3 Å². The lowest BCUT2D eigenvalue weighted by Gasteiger charge is -2.38. The number of amides is 1. The molecule has 1 aliphatic rings. The molecule has 4 heteroatoms. The van der Waals surface area contributed by atoms with Crippen LogP contribution in [0.2, 0.25) is 0 Å². The van der Waals surface area contributed by atoms with E-state index in [2.05, 4.69) is 22.5 Å². The van der Waals surface area contributed by atoms with Crippen LogP contribution in [0.4, 0.5) is 5.69 Å². The maximum Gasteiger partial charge on any atom is 0.269 e. The molecule has 0 aromatic carbocycles. The zero-order valence-electron chi connectivity index (χ0n) is 10.4. The van der Waals surface area contributed by atoms with E-state index in [4.69, 9.17) is 0 Å². The summed E-state index contributed by atoms with van der Waals surface area (Å²) >= 11 is 0. The Balaban J connectivity index is 1.94. The fraction of sp³-hybridized carbons (Fsp3) is 0.538. The minimum atomic E-state index is -0.0878. The van der Waals surface area contributed by atoms with Crippen LogP contribution in [0.25, 0.3) is 0 Å². The zero-order valence-corrected chi connectivity index (χ0v) is 10.4. The fourth-order valence-electron chi connectivity index (χ4n) is 2.05. The second-order valence-corrected chi connectivity index (χ2v) is 5.03. The molecule has 1 heterocycles. The Labute approximate surface area is 102 Å². The van der Waals surface area contributed by atoms with E-state index in [0.29, 0.717) is 11.1 Å². The summed E-state index contributed by atoms with van der Waals surface area (Å²) in [6.45, 7) is 2.96. The van der Waals surface area contributed by atoms with Crippen molar-refractivity contribution in [1.82, 2.24) is 10.3 Å². The molecule has 17 heavy (non-hydrogen) atoms. The van der Waals surface area contributed by atoms with Crippen LogP contribution >= 0.6 is 0 Å². The third-order valence-electron chi connectivity index (χ3n) is 3.52. The lowest BCUT2D eigenvalue weighted by atomic mass is 9.70. The Bertz CT molecular complexity index is 413. The highest BCUT2D eigenvalue weighted by atomic mass is 16.1. The maximum atomic E-state index is 11.9. The van der Waals surface area contributed by atoms with Crippen LogP contribution in [0.5, 0.6) is 0 Å². The Morgan fingerprint density at radius 1 is 1.53 bits per heavy atom. The van der Waals surface area contributed by atoms with Gasteiger partial charge in [-0.25, -0.2) is 0 Å². The summed E-state index contributed by atoms with van der Waals surface area (Å²) < 4.78 is 0. The van der Waals surface area contributed by atoms with Gasteiger partial charge in [0.05, 0.1) is 0 Å². The van der Waals surface area contributed by atoms with Crippen molar-refractivity contribution in [2.45, 2.75) is 26.2 Å². The van der Waals surface area contributed by atoms with Crippen LogP contribution in [0.15, 0.2) is 18.3 Å².